The maximum atomic E-state index is 6.52. The first kappa shape index (κ1) is 10.3. The van der Waals surface area contributed by atoms with Gasteiger partial charge < -0.3 is 11.2 Å². The predicted octanol–water partition coefficient (Wildman–Crippen LogP) is -2.86. The molecule has 0 aromatic heterocycles. The Morgan fingerprint density at radius 3 is 1.38 bits per heavy atom. The molecule has 0 spiro atoms. The molecule has 0 aliphatic rings. The maximum Gasteiger partial charge on any atom is 0.352 e. The van der Waals surface area contributed by atoms with E-state index in [2.05, 4.69) is 0 Å². The summed E-state index contributed by atoms with van der Waals surface area (Å²) >= 11 is 0. The Morgan fingerprint density at radius 1 is 1.25 bits per heavy atom. The molecule has 0 atom stereocenters. The van der Waals surface area contributed by atoms with Gasteiger partial charge in [-0.15, -0.1) is 17.5 Å². The van der Waals surface area contributed by atoms with Crippen molar-refractivity contribution in [1.82, 2.24) is 0 Å². The zero-order valence-electron chi connectivity index (χ0n) is 4.20. The molecular formula is CH10N6O. The number of quaternary nitrogens is 1. The van der Waals surface area contributed by atoms with Gasteiger partial charge in [0.05, 0.1) is 0 Å². The van der Waals surface area contributed by atoms with Crippen molar-refractivity contribution < 1.29 is 10.3 Å². The van der Waals surface area contributed by atoms with Crippen LogP contribution in [0.2, 0.25) is 0 Å². The first-order valence-electron chi connectivity index (χ1n) is 1.54. The molecule has 0 heterocycles. The zero-order valence-corrected chi connectivity index (χ0v) is 4.20. The fourth-order valence-corrected chi connectivity index (χ4v) is 0. The van der Waals surface area contributed by atoms with Gasteiger partial charge in [-0.2, -0.15) is 0 Å². The Hall–Kier alpha value is -0.730. The molecule has 0 aliphatic heterocycles. The van der Waals surface area contributed by atoms with Crippen LogP contribution >= 0.6 is 0 Å². The van der Waals surface area contributed by atoms with Crippen molar-refractivity contribution in [2.45, 2.75) is 0 Å². The minimum absolute atomic E-state index is 0. The van der Waals surface area contributed by atoms with Crippen molar-refractivity contribution in [3.63, 3.8) is 0 Å². The standard InChI is InChI=1S/CH9N6.H2O/c2-1(3)7(4,5)6;/h4-6H2,(H3,2,3);1H2/q+1;/p-1. The van der Waals surface area contributed by atoms with Crippen molar-refractivity contribution in [3.05, 3.63) is 0 Å². The second kappa shape index (κ2) is 2.55. The molecule has 7 heteroatoms. The molecule has 0 amide bonds. The average Bonchev–Trinajstić information content (AvgIpc) is 1.31. The van der Waals surface area contributed by atoms with Crippen LogP contribution in [0.1, 0.15) is 0 Å². The smallest absolute Gasteiger partial charge is 0.352 e. The third kappa shape index (κ3) is 3.46. The van der Waals surface area contributed by atoms with E-state index in [1.165, 1.54) is 0 Å². The molecule has 0 aromatic rings. The lowest BCUT2D eigenvalue weighted by molar-refractivity contribution is -0.880. The summed E-state index contributed by atoms with van der Waals surface area (Å²) in [6.45, 7) is 0. The Kier molecular flexibility index (Phi) is 3.28. The Bertz CT molecular complexity index is 81.0. The number of guanidine groups is 1. The normalized spacial score (nSPS) is 9.88. The van der Waals surface area contributed by atoms with Crippen LogP contribution in [0, 0.1) is 5.41 Å². The third-order valence-corrected chi connectivity index (χ3v) is 0.417. The Morgan fingerprint density at radius 2 is 1.38 bits per heavy atom. The average molecular weight is 122 g/mol. The van der Waals surface area contributed by atoms with Crippen molar-refractivity contribution >= 4 is 5.96 Å². The lowest BCUT2D eigenvalue weighted by Gasteiger charge is -2.14. The number of nitrogens with zero attached hydrogens (tertiary/aromatic N) is 1. The van der Waals surface area contributed by atoms with Gasteiger partial charge in [-0.25, -0.2) is 5.41 Å². The molecule has 0 aliphatic carbocycles. The summed E-state index contributed by atoms with van der Waals surface area (Å²) in [5, 5.41) is 6.52. The molecule has 0 saturated carbocycles. The van der Waals surface area contributed by atoms with Crippen LogP contribution in [0.5, 0.6) is 0 Å². The lowest BCUT2D eigenvalue weighted by Crippen LogP contribution is -2.71. The molecule has 0 rings (SSSR count). The van der Waals surface area contributed by atoms with Gasteiger partial charge in [-0.1, -0.05) is 0 Å². The van der Waals surface area contributed by atoms with E-state index in [0.717, 1.165) is 0 Å². The van der Waals surface area contributed by atoms with E-state index in [0.29, 0.717) is 0 Å². The fraction of sp³-hybridized carbons (Fsp3) is 0. The van der Waals surface area contributed by atoms with E-state index in [1.54, 1.807) is 0 Å². The maximum absolute atomic E-state index is 6.52. The molecular weight excluding hydrogens is 112 g/mol. The summed E-state index contributed by atoms with van der Waals surface area (Å²) in [6, 6.07) is 0. The van der Waals surface area contributed by atoms with Crippen LogP contribution in [0.3, 0.4) is 0 Å². The van der Waals surface area contributed by atoms with Crippen molar-refractivity contribution in [1.29, 1.82) is 5.41 Å². The molecule has 0 bridgehead atoms. The quantitative estimate of drug-likeness (QED) is 0.0767. The van der Waals surface area contributed by atoms with Gasteiger partial charge in [0.1, 0.15) is 0 Å². The highest BCUT2D eigenvalue weighted by Gasteiger charge is 2.14. The van der Waals surface area contributed by atoms with E-state index in [1.807, 2.05) is 0 Å². The SMILES string of the molecule is N=C(N)[N+](N)(N)N.[OH-]. The second-order valence-electron chi connectivity index (χ2n) is 1.22. The molecule has 10 N–H and O–H groups in total. The van der Waals surface area contributed by atoms with Crippen LogP contribution in [0.15, 0.2) is 0 Å². The van der Waals surface area contributed by atoms with Gasteiger partial charge >= 0.3 is 5.96 Å². The first-order valence-corrected chi connectivity index (χ1v) is 1.54. The molecule has 0 unspecified atom stereocenters. The van der Waals surface area contributed by atoms with Crippen LogP contribution in [-0.2, 0) is 0 Å². The third-order valence-electron chi connectivity index (χ3n) is 0.417. The van der Waals surface area contributed by atoms with Gasteiger partial charge in [-0.3, -0.25) is 0 Å². The number of nitrogens with one attached hydrogen (secondary N) is 1. The summed E-state index contributed by atoms with van der Waals surface area (Å²) in [7, 11) is 0. The topological polar surface area (TPSA) is 158 Å². The van der Waals surface area contributed by atoms with E-state index in [9.17, 15) is 0 Å². The van der Waals surface area contributed by atoms with E-state index >= 15 is 0 Å². The number of rotatable bonds is 0. The highest BCUT2D eigenvalue weighted by Crippen LogP contribution is 1.63. The Labute approximate surface area is 46.1 Å². The highest BCUT2D eigenvalue weighted by molar-refractivity contribution is 5.65. The summed E-state index contributed by atoms with van der Waals surface area (Å²) in [4.78, 5) is -1.08. The molecule has 0 radical (unpaired) electrons. The van der Waals surface area contributed by atoms with Crippen molar-refractivity contribution in [2.24, 2.45) is 23.3 Å². The summed E-state index contributed by atoms with van der Waals surface area (Å²) < 4.78 is 0. The number of hydrogen-bond acceptors (Lipinski definition) is 5. The Balaban J connectivity index is 0. The second-order valence-corrected chi connectivity index (χ2v) is 1.22. The minimum Gasteiger partial charge on any atom is -0.870 e. The molecule has 0 saturated heterocycles. The number of hydrogen-bond donors (Lipinski definition) is 5. The first-order chi connectivity index (χ1) is 2.94. The van der Waals surface area contributed by atoms with E-state index in [-0.39, 0.29) is 5.48 Å². The number of nitrogens with two attached hydrogens (primary N) is 4. The molecule has 7 nitrogen and oxygen atoms in total. The van der Waals surface area contributed by atoms with Gasteiger partial charge in [-0.05, 0) is 4.81 Å². The summed E-state index contributed by atoms with van der Waals surface area (Å²) in [5.41, 5.74) is 4.75. The van der Waals surface area contributed by atoms with Crippen LogP contribution in [-0.4, -0.2) is 16.2 Å². The lowest BCUT2D eigenvalue weighted by atomic mass is 11.0. The van der Waals surface area contributed by atoms with Gasteiger partial charge in [0.15, 0.2) is 0 Å². The zero-order chi connectivity index (χ0) is 6.08. The fourth-order valence-electron chi connectivity index (χ4n) is 0. The van der Waals surface area contributed by atoms with Gasteiger partial charge in [0, 0.05) is 0 Å². The van der Waals surface area contributed by atoms with E-state index in [4.69, 9.17) is 28.7 Å². The van der Waals surface area contributed by atoms with Crippen molar-refractivity contribution in [3.8, 4) is 0 Å². The van der Waals surface area contributed by atoms with E-state index < -0.39 is 10.8 Å². The predicted molar refractivity (Wildman–Crippen MR) is 26.7 cm³/mol. The van der Waals surface area contributed by atoms with Gasteiger partial charge in [0.2, 0.25) is 0 Å². The molecule has 50 valence electrons. The largest absolute Gasteiger partial charge is 0.870 e. The molecule has 8 heavy (non-hydrogen) atoms. The molecule has 0 fully saturated rings. The van der Waals surface area contributed by atoms with Crippen LogP contribution in [0.25, 0.3) is 0 Å². The summed E-state index contributed by atoms with van der Waals surface area (Å²) in [6.07, 6.45) is 0. The molecule has 0 aromatic carbocycles. The van der Waals surface area contributed by atoms with Crippen LogP contribution in [0.4, 0.5) is 0 Å². The minimum atomic E-state index is -1.08. The monoisotopic (exact) mass is 122 g/mol. The summed E-state index contributed by atoms with van der Waals surface area (Å²) in [5.74, 6) is 14.0. The highest BCUT2D eigenvalue weighted by atomic mass is 16.0. The van der Waals surface area contributed by atoms with Crippen LogP contribution < -0.4 is 23.3 Å². The van der Waals surface area contributed by atoms with Crippen molar-refractivity contribution in [2.75, 3.05) is 0 Å². The van der Waals surface area contributed by atoms with Gasteiger partial charge in [0.25, 0.3) is 0 Å².